The number of nitrogens with two attached hydrogens (primary N) is 1. The number of hydrogen-bond donors (Lipinski definition) is 1. The molecule has 0 radical (unpaired) electrons. The Balaban J connectivity index is 1.62. The van der Waals surface area contributed by atoms with Crippen LogP contribution in [0, 0.1) is 46.3 Å². The van der Waals surface area contributed by atoms with Gasteiger partial charge in [-0.15, -0.1) is 0 Å². The van der Waals surface area contributed by atoms with E-state index in [2.05, 4.69) is 48.5 Å². The third-order valence-corrected chi connectivity index (χ3v) is 12.1. The van der Waals surface area contributed by atoms with Crippen LogP contribution in [0.4, 0.5) is 0 Å². The van der Waals surface area contributed by atoms with Crippen LogP contribution in [0.5, 0.6) is 0 Å². The summed E-state index contributed by atoms with van der Waals surface area (Å²) in [5.41, 5.74) is 9.91. The van der Waals surface area contributed by atoms with Gasteiger partial charge in [0.2, 0.25) is 0 Å². The van der Waals surface area contributed by atoms with Crippen molar-refractivity contribution in [2.75, 3.05) is 6.26 Å². The molecule has 0 aliphatic heterocycles. The fraction of sp³-hybridized carbons (Fsp3) is 0.935. The summed E-state index contributed by atoms with van der Waals surface area (Å²) in [5.74, 6) is 4.65. The summed E-state index contributed by atoms with van der Waals surface area (Å²) in [7, 11) is -3.46. The van der Waals surface area contributed by atoms with Crippen molar-refractivity contribution in [1.29, 1.82) is 0 Å². The first-order valence-electron chi connectivity index (χ1n) is 15.0. The van der Waals surface area contributed by atoms with Crippen LogP contribution in [0.15, 0.2) is 11.1 Å². The molecule has 8 atom stereocenters. The van der Waals surface area contributed by atoms with E-state index in [0.717, 1.165) is 49.4 Å². The largest absolute Gasteiger partial charge is 0.322 e. The molecule has 4 aliphatic rings. The minimum atomic E-state index is -3.46. The maximum atomic E-state index is 11.9. The zero-order chi connectivity index (χ0) is 26.7. The molecule has 4 aliphatic carbocycles. The molecular weight excluding hydrogens is 466 g/mol. The summed E-state index contributed by atoms with van der Waals surface area (Å²) >= 11 is 0. The van der Waals surface area contributed by atoms with E-state index in [9.17, 15) is 8.42 Å². The van der Waals surface area contributed by atoms with E-state index in [1.165, 1.54) is 62.3 Å². The van der Waals surface area contributed by atoms with Crippen LogP contribution < -0.4 is 5.73 Å². The second-order valence-electron chi connectivity index (χ2n) is 14.9. The normalized spacial score (nSPS) is 40.1. The standard InChI is InChI=1S/C31H55NO3S/c1-20(2)10-9-11-21(3)24-12-13-25-23-19-27(29(4,5)32)28-18-22(35-36(8,33)34)14-16-31(28,7)26(23)15-17-30(24,25)6/h20-26H,9-19,32H2,1-8H3/t21-,22+,23+,24-,25+,26+,30-,31-/m1/s1. The third-order valence-electron chi connectivity index (χ3n) is 11.5. The third kappa shape index (κ3) is 5.37. The fourth-order valence-electron chi connectivity index (χ4n) is 9.78. The molecule has 208 valence electrons. The number of fused-ring (bicyclic) bond motifs is 5. The Morgan fingerprint density at radius 2 is 1.69 bits per heavy atom. The zero-order valence-electron chi connectivity index (χ0n) is 24.5. The van der Waals surface area contributed by atoms with Gasteiger partial charge in [0.1, 0.15) is 0 Å². The molecule has 0 aromatic carbocycles. The molecule has 4 nitrogen and oxygen atoms in total. The van der Waals surface area contributed by atoms with Crippen LogP contribution in [-0.2, 0) is 14.3 Å². The smallest absolute Gasteiger partial charge is 0.264 e. The Hall–Kier alpha value is -0.390. The molecule has 4 rings (SSSR count). The van der Waals surface area contributed by atoms with E-state index in [1.54, 1.807) is 0 Å². The van der Waals surface area contributed by atoms with Crippen molar-refractivity contribution >= 4 is 10.1 Å². The summed E-state index contributed by atoms with van der Waals surface area (Å²) < 4.78 is 29.4. The first-order chi connectivity index (χ1) is 16.6. The van der Waals surface area contributed by atoms with E-state index in [-0.39, 0.29) is 17.1 Å². The molecule has 0 amide bonds. The molecule has 5 heteroatoms. The lowest BCUT2D eigenvalue weighted by Crippen LogP contribution is -2.54. The number of hydrogen-bond acceptors (Lipinski definition) is 4. The summed E-state index contributed by atoms with van der Waals surface area (Å²) in [5, 5.41) is 0. The van der Waals surface area contributed by atoms with E-state index in [1.807, 2.05) is 0 Å². The Morgan fingerprint density at radius 3 is 2.31 bits per heavy atom. The molecule has 0 aromatic rings. The summed E-state index contributed by atoms with van der Waals surface area (Å²) in [4.78, 5) is 0. The lowest BCUT2D eigenvalue weighted by atomic mass is 9.45. The molecule has 2 N–H and O–H groups in total. The van der Waals surface area contributed by atoms with Crippen molar-refractivity contribution in [2.24, 2.45) is 52.1 Å². The molecule has 0 unspecified atom stereocenters. The van der Waals surface area contributed by atoms with Gasteiger partial charge in [-0.25, -0.2) is 0 Å². The topological polar surface area (TPSA) is 69.4 Å². The van der Waals surface area contributed by atoms with Crippen molar-refractivity contribution in [2.45, 2.75) is 131 Å². The first kappa shape index (κ1) is 28.6. The molecule has 0 bridgehead atoms. The molecule has 3 fully saturated rings. The highest BCUT2D eigenvalue weighted by Crippen LogP contribution is 2.68. The maximum Gasteiger partial charge on any atom is 0.264 e. The van der Waals surface area contributed by atoms with Gasteiger partial charge in [0.05, 0.1) is 12.4 Å². The van der Waals surface area contributed by atoms with Gasteiger partial charge in [0.25, 0.3) is 10.1 Å². The van der Waals surface area contributed by atoms with Crippen molar-refractivity contribution < 1.29 is 12.6 Å². The van der Waals surface area contributed by atoms with Crippen LogP contribution in [0.3, 0.4) is 0 Å². The molecule has 0 saturated heterocycles. The Morgan fingerprint density at radius 1 is 1.00 bits per heavy atom. The van der Waals surface area contributed by atoms with E-state index in [4.69, 9.17) is 9.92 Å². The van der Waals surface area contributed by atoms with Crippen LogP contribution in [0.1, 0.15) is 119 Å². The SMILES string of the molecule is CC(C)CCC[C@@H](C)[C@H]1CC[C@H]2[C@@H]3CC(C(C)(C)N)=C4C[C@@H](OS(C)(=O)=O)CC[C@]4(C)[C@H]3CC[C@]12C. The average Bonchev–Trinajstić information content (AvgIpc) is 3.09. The van der Waals surface area contributed by atoms with Gasteiger partial charge in [-0.05, 0) is 112 Å². The van der Waals surface area contributed by atoms with Gasteiger partial charge in [-0.3, -0.25) is 4.18 Å². The van der Waals surface area contributed by atoms with Crippen LogP contribution in [0.2, 0.25) is 0 Å². The molecule has 36 heavy (non-hydrogen) atoms. The fourth-order valence-corrected chi connectivity index (χ4v) is 10.4. The van der Waals surface area contributed by atoms with Crippen molar-refractivity contribution in [1.82, 2.24) is 0 Å². The van der Waals surface area contributed by atoms with Crippen molar-refractivity contribution in [3.05, 3.63) is 11.1 Å². The van der Waals surface area contributed by atoms with E-state index >= 15 is 0 Å². The highest BCUT2D eigenvalue weighted by Gasteiger charge is 2.60. The van der Waals surface area contributed by atoms with Gasteiger partial charge >= 0.3 is 0 Å². The quantitative estimate of drug-likeness (QED) is 0.265. The van der Waals surface area contributed by atoms with Crippen LogP contribution in [0.25, 0.3) is 0 Å². The van der Waals surface area contributed by atoms with Crippen molar-refractivity contribution in [3.63, 3.8) is 0 Å². The zero-order valence-corrected chi connectivity index (χ0v) is 25.3. The monoisotopic (exact) mass is 521 g/mol. The molecule has 0 spiro atoms. The highest BCUT2D eigenvalue weighted by molar-refractivity contribution is 7.86. The minimum Gasteiger partial charge on any atom is -0.322 e. The van der Waals surface area contributed by atoms with Crippen LogP contribution >= 0.6 is 0 Å². The van der Waals surface area contributed by atoms with Gasteiger partial charge < -0.3 is 5.73 Å². The predicted molar refractivity (Wildman–Crippen MR) is 150 cm³/mol. The van der Waals surface area contributed by atoms with Crippen LogP contribution in [-0.4, -0.2) is 26.3 Å². The minimum absolute atomic E-state index is 0.120. The molecule has 0 heterocycles. The summed E-state index contributed by atoms with van der Waals surface area (Å²) in [6, 6.07) is 0. The summed E-state index contributed by atoms with van der Waals surface area (Å²) in [6.07, 6.45) is 14.1. The second-order valence-corrected chi connectivity index (χ2v) is 16.5. The second kappa shape index (κ2) is 9.97. The predicted octanol–water partition coefficient (Wildman–Crippen LogP) is 7.48. The molecule has 0 aromatic heterocycles. The average molecular weight is 522 g/mol. The van der Waals surface area contributed by atoms with E-state index in [0.29, 0.717) is 17.3 Å². The van der Waals surface area contributed by atoms with E-state index < -0.39 is 10.1 Å². The Kier molecular flexibility index (Phi) is 7.93. The van der Waals surface area contributed by atoms with Gasteiger partial charge in [0, 0.05) is 5.54 Å². The number of rotatable bonds is 8. The first-order valence-corrected chi connectivity index (χ1v) is 16.8. The summed E-state index contributed by atoms with van der Waals surface area (Å²) in [6.45, 7) is 16.7. The molecule has 3 saturated carbocycles. The van der Waals surface area contributed by atoms with Gasteiger partial charge in [-0.2, -0.15) is 8.42 Å². The van der Waals surface area contributed by atoms with Gasteiger partial charge in [-0.1, -0.05) is 65.0 Å². The van der Waals surface area contributed by atoms with Gasteiger partial charge in [0.15, 0.2) is 0 Å². The Labute approximate surface area is 222 Å². The lowest BCUT2D eigenvalue weighted by Gasteiger charge is -2.60. The lowest BCUT2D eigenvalue weighted by molar-refractivity contribution is -0.0597. The molecular formula is C31H55NO3S. The maximum absolute atomic E-state index is 11.9. The van der Waals surface area contributed by atoms with Crippen molar-refractivity contribution in [3.8, 4) is 0 Å². The highest BCUT2D eigenvalue weighted by atomic mass is 32.2. The Bertz CT molecular complexity index is 947.